The Morgan fingerprint density at radius 1 is 1.00 bits per heavy atom. The third kappa shape index (κ3) is 2.42. The fourth-order valence-corrected chi connectivity index (χ4v) is 4.75. The maximum absolute atomic E-state index is 6.36. The van der Waals surface area contributed by atoms with Gasteiger partial charge in [0.25, 0.3) is 0 Å². The van der Waals surface area contributed by atoms with Gasteiger partial charge in [0, 0.05) is 24.7 Å². The van der Waals surface area contributed by atoms with E-state index in [0.29, 0.717) is 11.6 Å². The molecular formula is C17H30N2O. The Balaban J connectivity index is 1.42. The molecule has 2 saturated carbocycles. The Bertz CT molecular complexity index is 330. The van der Waals surface area contributed by atoms with Gasteiger partial charge in [0.15, 0.2) is 0 Å². The lowest BCUT2D eigenvalue weighted by Crippen LogP contribution is -2.75. The molecule has 1 spiro atoms. The molecule has 0 aromatic heterocycles. The molecule has 2 aliphatic carbocycles. The summed E-state index contributed by atoms with van der Waals surface area (Å²) in [7, 11) is 0. The van der Waals surface area contributed by atoms with Crippen LogP contribution in [0.25, 0.3) is 0 Å². The first-order valence-corrected chi connectivity index (χ1v) is 8.97. The number of piperidine rings is 1. The lowest BCUT2D eigenvalue weighted by molar-refractivity contribution is -0.200. The van der Waals surface area contributed by atoms with Crippen molar-refractivity contribution in [1.82, 2.24) is 10.2 Å². The highest BCUT2D eigenvalue weighted by Gasteiger charge is 2.56. The molecule has 2 heterocycles. The van der Waals surface area contributed by atoms with Gasteiger partial charge in [-0.25, -0.2) is 0 Å². The quantitative estimate of drug-likeness (QED) is 0.855. The van der Waals surface area contributed by atoms with Crippen molar-refractivity contribution in [3.63, 3.8) is 0 Å². The van der Waals surface area contributed by atoms with Crippen LogP contribution >= 0.6 is 0 Å². The smallest absolute Gasteiger partial charge is 0.0885 e. The highest BCUT2D eigenvalue weighted by atomic mass is 16.5. The number of hydrogen-bond acceptors (Lipinski definition) is 3. The Morgan fingerprint density at radius 3 is 2.45 bits per heavy atom. The average molecular weight is 278 g/mol. The number of likely N-dealkylation sites (tertiary alicyclic amines) is 1. The second kappa shape index (κ2) is 5.58. The summed E-state index contributed by atoms with van der Waals surface area (Å²) in [5.41, 5.74) is 0.440. The Morgan fingerprint density at radius 2 is 1.75 bits per heavy atom. The van der Waals surface area contributed by atoms with E-state index in [0.717, 1.165) is 18.6 Å². The molecule has 114 valence electrons. The topological polar surface area (TPSA) is 24.5 Å². The summed E-state index contributed by atoms with van der Waals surface area (Å²) in [6, 6.07) is 0.829. The highest BCUT2D eigenvalue weighted by Crippen LogP contribution is 2.47. The Hall–Kier alpha value is -0.120. The molecule has 0 amide bonds. The van der Waals surface area contributed by atoms with Crippen LogP contribution in [0.4, 0.5) is 0 Å². The average Bonchev–Trinajstić information content (AvgIpc) is 3.32. The zero-order valence-corrected chi connectivity index (χ0v) is 12.8. The number of hydrogen-bond donors (Lipinski definition) is 1. The van der Waals surface area contributed by atoms with Crippen LogP contribution in [-0.4, -0.2) is 48.8 Å². The molecule has 2 aliphatic heterocycles. The molecule has 0 aromatic rings. The third-order valence-corrected chi connectivity index (χ3v) is 6.23. The largest absolute Gasteiger partial charge is 0.375 e. The van der Waals surface area contributed by atoms with Crippen LogP contribution in [0.1, 0.15) is 57.8 Å². The van der Waals surface area contributed by atoms with E-state index in [1.807, 2.05) is 0 Å². The maximum atomic E-state index is 6.36. The molecule has 0 unspecified atom stereocenters. The van der Waals surface area contributed by atoms with E-state index >= 15 is 0 Å². The van der Waals surface area contributed by atoms with Crippen molar-refractivity contribution in [2.75, 3.05) is 26.2 Å². The second-order valence-electron chi connectivity index (χ2n) is 7.56. The van der Waals surface area contributed by atoms with Gasteiger partial charge in [-0.05, 0) is 57.5 Å². The van der Waals surface area contributed by atoms with E-state index in [4.69, 9.17) is 4.74 Å². The van der Waals surface area contributed by atoms with Gasteiger partial charge in [0.2, 0.25) is 0 Å². The molecule has 0 bridgehead atoms. The van der Waals surface area contributed by atoms with Crippen LogP contribution in [0, 0.1) is 5.92 Å². The molecule has 1 N–H and O–H groups in total. The monoisotopic (exact) mass is 278 g/mol. The summed E-state index contributed by atoms with van der Waals surface area (Å²) in [5.74, 6) is 0.906. The summed E-state index contributed by atoms with van der Waals surface area (Å²) >= 11 is 0. The van der Waals surface area contributed by atoms with Crippen LogP contribution in [-0.2, 0) is 4.74 Å². The SMILES string of the molecule is C1CCC2(CC1)[C@H](OCC1CC1)CN2C1CCNCC1. The van der Waals surface area contributed by atoms with Gasteiger partial charge >= 0.3 is 0 Å². The fraction of sp³-hybridized carbons (Fsp3) is 1.00. The first kappa shape index (κ1) is 13.5. The van der Waals surface area contributed by atoms with Crippen molar-refractivity contribution in [2.24, 2.45) is 5.92 Å². The normalized spacial score (nSPS) is 35.1. The van der Waals surface area contributed by atoms with Crippen LogP contribution < -0.4 is 5.32 Å². The lowest BCUT2D eigenvalue weighted by Gasteiger charge is -2.63. The number of nitrogens with one attached hydrogen (secondary N) is 1. The zero-order chi connectivity index (χ0) is 13.4. The van der Waals surface area contributed by atoms with Gasteiger partial charge in [-0.1, -0.05) is 19.3 Å². The van der Waals surface area contributed by atoms with Crippen LogP contribution in [0.2, 0.25) is 0 Å². The minimum absolute atomic E-state index is 0.440. The van der Waals surface area contributed by atoms with E-state index in [1.165, 1.54) is 77.4 Å². The number of nitrogens with zero attached hydrogens (tertiary/aromatic N) is 1. The van der Waals surface area contributed by atoms with Crippen molar-refractivity contribution >= 4 is 0 Å². The van der Waals surface area contributed by atoms with Gasteiger partial charge in [-0.2, -0.15) is 0 Å². The van der Waals surface area contributed by atoms with E-state index in [-0.39, 0.29) is 0 Å². The summed E-state index contributed by atoms with van der Waals surface area (Å²) in [6.45, 7) is 4.69. The van der Waals surface area contributed by atoms with E-state index in [2.05, 4.69) is 10.2 Å². The van der Waals surface area contributed by atoms with Gasteiger partial charge in [-0.15, -0.1) is 0 Å². The second-order valence-corrected chi connectivity index (χ2v) is 7.56. The molecule has 4 aliphatic rings. The molecule has 2 saturated heterocycles. The molecule has 0 radical (unpaired) electrons. The summed E-state index contributed by atoms with van der Waals surface area (Å²) < 4.78 is 6.36. The van der Waals surface area contributed by atoms with Gasteiger partial charge < -0.3 is 10.1 Å². The summed E-state index contributed by atoms with van der Waals surface area (Å²) in [5, 5.41) is 3.51. The third-order valence-electron chi connectivity index (χ3n) is 6.23. The van der Waals surface area contributed by atoms with Crippen LogP contribution in [0.15, 0.2) is 0 Å². The fourth-order valence-electron chi connectivity index (χ4n) is 4.75. The molecule has 3 heteroatoms. The van der Waals surface area contributed by atoms with Crippen LogP contribution in [0.3, 0.4) is 0 Å². The van der Waals surface area contributed by atoms with E-state index in [1.54, 1.807) is 0 Å². The first-order valence-electron chi connectivity index (χ1n) is 8.97. The number of ether oxygens (including phenoxy) is 1. The van der Waals surface area contributed by atoms with Crippen molar-refractivity contribution in [3.05, 3.63) is 0 Å². The standard InChI is InChI=1S/C17H30N2O/c1-2-8-17(9-3-1)16(20-13-14-4-5-14)12-19(17)15-6-10-18-11-7-15/h14-16,18H,1-13H2/t16-/m1/s1. The molecule has 4 rings (SSSR count). The minimum Gasteiger partial charge on any atom is -0.375 e. The van der Waals surface area contributed by atoms with Crippen molar-refractivity contribution in [3.8, 4) is 0 Å². The summed E-state index contributed by atoms with van der Waals surface area (Å²) in [4.78, 5) is 2.87. The zero-order valence-electron chi connectivity index (χ0n) is 12.8. The van der Waals surface area contributed by atoms with Crippen molar-refractivity contribution in [1.29, 1.82) is 0 Å². The maximum Gasteiger partial charge on any atom is 0.0885 e. The van der Waals surface area contributed by atoms with E-state index < -0.39 is 0 Å². The molecule has 20 heavy (non-hydrogen) atoms. The molecule has 0 aromatic carbocycles. The van der Waals surface area contributed by atoms with E-state index in [9.17, 15) is 0 Å². The predicted octanol–water partition coefficient (Wildman–Crippen LogP) is 2.55. The Kier molecular flexibility index (Phi) is 3.78. The lowest BCUT2D eigenvalue weighted by atomic mass is 9.69. The van der Waals surface area contributed by atoms with Crippen molar-refractivity contribution < 1.29 is 4.74 Å². The first-order chi connectivity index (χ1) is 9.88. The van der Waals surface area contributed by atoms with Gasteiger partial charge in [0.1, 0.15) is 0 Å². The number of rotatable bonds is 4. The predicted molar refractivity (Wildman–Crippen MR) is 80.9 cm³/mol. The minimum atomic E-state index is 0.440. The Labute approximate surface area is 123 Å². The molecule has 4 fully saturated rings. The van der Waals surface area contributed by atoms with Gasteiger partial charge in [-0.3, -0.25) is 4.90 Å². The molecule has 3 nitrogen and oxygen atoms in total. The van der Waals surface area contributed by atoms with Crippen LogP contribution in [0.5, 0.6) is 0 Å². The molecule has 1 atom stereocenters. The summed E-state index contributed by atoms with van der Waals surface area (Å²) in [6.07, 6.45) is 13.1. The van der Waals surface area contributed by atoms with Crippen molar-refractivity contribution in [2.45, 2.75) is 75.5 Å². The highest BCUT2D eigenvalue weighted by molar-refractivity contribution is 5.11. The molecular weight excluding hydrogens is 248 g/mol. The van der Waals surface area contributed by atoms with Gasteiger partial charge in [0.05, 0.1) is 6.10 Å².